The molecule has 0 heterocycles. The third kappa shape index (κ3) is 3.52. The molecule has 3 heteroatoms. The van der Waals surface area contributed by atoms with Crippen LogP contribution < -0.4 is 10.1 Å². The summed E-state index contributed by atoms with van der Waals surface area (Å²) < 4.78 is 5.79. The first-order chi connectivity index (χ1) is 9.70. The summed E-state index contributed by atoms with van der Waals surface area (Å²) in [6.07, 6.45) is 0.141. The van der Waals surface area contributed by atoms with Gasteiger partial charge in [-0.25, -0.2) is 0 Å². The summed E-state index contributed by atoms with van der Waals surface area (Å²) in [5.74, 6) is 0.879. The Morgan fingerprint density at radius 2 is 1.80 bits per heavy atom. The maximum atomic E-state index is 9.07. The Labute approximate surface area is 119 Å². The molecule has 0 unspecified atom stereocenters. The fourth-order valence-corrected chi connectivity index (χ4v) is 1.94. The summed E-state index contributed by atoms with van der Waals surface area (Å²) in [7, 11) is 0. The highest BCUT2D eigenvalue weighted by Crippen LogP contribution is 2.22. The topological polar surface area (TPSA) is 45.0 Å². The number of nitrogens with zero attached hydrogens (tertiary/aromatic N) is 1. The van der Waals surface area contributed by atoms with Gasteiger partial charge in [0.15, 0.2) is 0 Å². The molecule has 0 spiro atoms. The monoisotopic (exact) mass is 266 g/mol. The first-order valence-electron chi connectivity index (χ1n) is 6.68. The van der Waals surface area contributed by atoms with Crippen LogP contribution in [0.1, 0.15) is 25.0 Å². The molecule has 2 aromatic carbocycles. The highest BCUT2D eigenvalue weighted by Gasteiger charge is 2.06. The van der Waals surface area contributed by atoms with Crippen molar-refractivity contribution in [1.82, 2.24) is 0 Å². The molecular weight excluding hydrogens is 248 g/mol. The van der Waals surface area contributed by atoms with Crippen molar-refractivity contribution in [2.45, 2.75) is 26.5 Å². The summed E-state index contributed by atoms with van der Waals surface area (Å²) in [4.78, 5) is 0. The second kappa shape index (κ2) is 6.63. The fourth-order valence-electron chi connectivity index (χ4n) is 1.94. The molecule has 102 valence electrons. The minimum atomic E-state index is 0.141. The van der Waals surface area contributed by atoms with Crippen molar-refractivity contribution in [1.29, 1.82) is 5.26 Å². The van der Waals surface area contributed by atoms with Gasteiger partial charge in [0.05, 0.1) is 17.4 Å². The zero-order valence-corrected chi connectivity index (χ0v) is 11.8. The molecule has 0 aromatic heterocycles. The largest absolute Gasteiger partial charge is 0.491 e. The first kappa shape index (κ1) is 14.0. The number of ether oxygens (including phenoxy) is 1. The molecule has 2 aromatic rings. The molecule has 0 amide bonds. The van der Waals surface area contributed by atoms with Crippen LogP contribution in [0.2, 0.25) is 0 Å². The standard InChI is InChI=1S/C17H18N2O/c1-13(2)20-17-10-6-4-8-15(17)12-19-16-9-5-3-7-14(16)11-18/h3-10,13,19H,12H2,1-2H3. The number of hydrogen-bond donors (Lipinski definition) is 1. The van der Waals surface area contributed by atoms with Crippen LogP contribution in [-0.4, -0.2) is 6.10 Å². The predicted octanol–water partition coefficient (Wildman–Crippen LogP) is 3.96. The SMILES string of the molecule is CC(C)Oc1ccccc1CNc1ccccc1C#N. The van der Waals surface area contributed by atoms with Crippen LogP contribution in [0, 0.1) is 11.3 Å². The van der Waals surface area contributed by atoms with Crippen molar-refractivity contribution < 1.29 is 4.74 Å². The van der Waals surface area contributed by atoms with Crippen LogP contribution in [-0.2, 0) is 6.54 Å². The summed E-state index contributed by atoms with van der Waals surface area (Å²) in [5.41, 5.74) is 2.57. The van der Waals surface area contributed by atoms with Crippen molar-refractivity contribution >= 4 is 5.69 Å². The molecule has 0 saturated carbocycles. The van der Waals surface area contributed by atoms with Crippen LogP contribution in [0.15, 0.2) is 48.5 Å². The molecule has 0 bridgehead atoms. The normalized spacial score (nSPS) is 10.1. The van der Waals surface area contributed by atoms with Crippen LogP contribution in [0.25, 0.3) is 0 Å². The minimum Gasteiger partial charge on any atom is -0.491 e. The zero-order chi connectivity index (χ0) is 14.4. The van der Waals surface area contributed by atoms with Gasteiger partial charge in [0, 0.05) is 12.1 Å². The molecule has 0 fully saturated rings. The van der Waals surface area contributed by atoms with E-state index in [9.17, 15) is 0 Å². The van der Waals surface area contributed by atoms with E-state index in [4.69, 9.17) is 10.00 Å². The lowest BCUT2D eigenvalue weighted by Crippen LogP contribution is -2.09. The van der Waals surface area contributed by atoms with Crippen LogP contribution in [0.3, 0.4) is 0 Å². The molecule has 0 radical (unpaired) electrons. The number of hydrogen-bond acceptors (Lipinski definition) is 3. The van der Waals surface area contributed by atoms with Gasteiger partial charge in [-0.05, 0) is 32.0 Å². The zero-order valence-electron chi connectivity index (χ0n) is 11.8. The predicted molar refractivity (Wildman–Crippen MR) is 80.7 cm³/mol. The third-order valence-electron chi connectivity index (χ3n) is 2.85. The summed E-state index contributed by atoms with van der Waals surface area (Å²) in [6, 6.07) is 17.6. The van der Waals surface area contributed by atoms with Gasteiger partial charge in [-0.15, -0.1) is 0 Å². The Balaban J connectivity index is 2.13. The average molecular weight is 266 g/mol. The number of nitrogens with one attached hydrogen (secondary N) is 1. The van der Waals surface area contributed by atoms with Crippen molar-refractivity contribution in [3.8, 4) is 11.8 Å². The maximum absolute atomic E-state index is 9.07. The Morgan fingerprint density at radius 3 is 2.55 bits per heavy atom. The lowest BCUT2D eigenvalue weighted by Gasteiger charge is -2.15. The second-order valence-corrected chi connectivity index (χ2v) is 4.79. The summed E-state index contributed by atoms with van der Waals surface area (Å²) in [5, 5.41) is 12.4. The molecule has 2 rings (SSSR count). The van der Waals surface area contributed by atoms with Crippen molar-refractivity contribution in [2.24, 2.45) is 0 Å². The molecule has 0 aliphatic heterocycles. The van der Waals surface area contributed by atoms with Gasteiger partial charge in [0.25, 0.3) is 0 Å². The number of nitriles is 1. The van der Waals surface area contributed by atoms with Crippen molar-refractivity contribution in [3.63, 3.8) is 0 Å². The molecule has 0 saturated heterocycles. The van der Waals surface area contributed by atoms with E-state index in [-0.39, 0.29) is 6.10 Å². The van der Waals surface area contributed by atoms with E-state index in [2.05, 4.69) is 11.4 Å². The number of rotatable bonds is 5. The molecule has 0 atom stereocenters. The van der Waals surface area contributed by atoms with Gasteiger partial charge in [-0.1, -0.05) is 30.3 Å². The van der Waals surface area contributed by atoms with E-state index < -0.39 is 0 Å². The Hall–Kier alpha value is -2.47. The van der Waals surface area contributed by atoms with Crippen LogP contribution >= 0.6 is 0 Å². The fraction of sp³-hybridized carbons (Fsp3) is 0.235. The highest BCUT2D eigenvalue weighted by molar-refractivity contribution is 5.57. The van der Waals surface area contributed by atoms with Crippen molar-refractivity contribution in [2.75, 3.05) is 5.32 Å². The summed E-state index contributed by atoms with van der Waals surface area (Å²) >= 11 is 0. The molecule has 1 N–H and O–H groups in total. The van der Waals surface area contributed by atoms with E-state index in [0.29, 0.717) is 12.1 Å². The Morgan fingerprint density at radius 1 is 1.10 bits per heavy atom. The Kier molecular flexibility index (Phi) is 4.62. The number of para-hydroxylation sites is 2. The van der Waals surface area contributed by atoms with Gasteiger partial charge in [0.2, 0.25) is 0 Å². The summed E-state index contributed by atoms with van der Waals surface area (Å²) in [6.45, 7) is 4.64. The van der Waals surface area contributed by atoms with Crippen LogP contribution in [0.5, 0.6) is 5.75 Å². The lowest BCUT2D eigenvalue weighted by molar-refractivity contribution is 0.240. The number of benzene rings is 2. The van der Waals surface area contributed by atoms with E-state index in [1.807, 2.05) is 56.3 Å². The van der Waals surface area contributed by atoms with Gasteiger partial charge in [-0.2, -0.15) is 5.26 Å². The number of anilines is 1. The van der Waals surface area contributed by atoms with Gasteiger partial charge in [-0.3, -0.25) is 0 Å². The van der Waals surface area contributed by atoms with E-state index in [1.165, 1.54) is 0 Å². The highest BCUT2D eigenvalue weighted by atomic mass is 16.5. The quantitative estimate of drug-likeness (QED) is 0.891. The average Bonchev–Trinajstić information content (AvgIpc) is 2.46. The Bertz CT molecular complexity index is 614. The van der Waals surface area contributed by atoms with Gasteiger partial charge in [0.1, 0.15) is 11.8 Å². The van der Waals surface area contributed by atoms with Crippen molar-refractivity contribution in [3.05, 3.63) is 59.7 Å². The second-order valence-electron chi connectivity index (χ2n) is 4.79. The maximum Gasteiger partial charge on any atom is 0.124 e. The van der Waals surface area contributed by atoms with E-state index in [0.717, 1.165) is 17.0 Å². The van der Waals surface area contributed by atoms with Gasteiger partial charge < -0.3 is 10.1 Å². The smallest absolute Gasteiger partial charge is 0.124 e. The van der Waals surface area contributed by atoms with E-state index in [1.54, 1.807) is 6.07 Å². The molecule has 0 aliphatic carbocycles. The van der Waals surface area contributed by atoms with E-state index >= 15 is 0 Å². The van der Waals surface area contributed by atoms with Crippen LogP contribution in [0.4, 0.5) is 5.69 Å². The lowest BCUT2D eigenvalue weighted by atomic mass is 10.1. The molecule has 0 aliphatic rings. The first-order valence-corrected chi connectivity index (χ1v) is 6.68. The molecule has 20 heavy (non-hydrogen) atoms. The minimum absolute atomic E-state index is 0.141. The molecule has 3 nitrogen and oxygen atoms in total. The molecular formula is C17H18N2O. The van der Waals surface area contributed by atoms with Gasteiger partial charge >= 0.3 is 0 Å². The third-order valence-corrected chi connectivity index (χ3v) is 2.85.